The standard InChI is InChI=1S/C27H28F4N4O6/c1-15-18-4-2-17(11-20(18)35-34-15)40-14-24(38)33-26-8-6-25(7-9-26,12-22(26)36)32-23(37)13-39-16-3-5-21(19(28)10-16)41-27(29,30)31/h2-5,10-11,22,36H,6-9,12-14H2,1H3,(H,32,37)(H,33,38)(H,34,35)/t22-,25?,26?/m1/s1. The molecule has 1 heterocycles. The number of aryl methyl sites for hydroxylation is 1. The molecular formula is C27H28F4N4O6. The number of alkyl halides is 3. The number of carbonyl (C=O) groups excluding carboxylic acids is 2. The quantitative estimate of drug-likeness (QED) is 0.285. The van der Waals surface area contributed by atoms with E-state index in [2.05, 4.69) is 25.6 Å². The van der Waals surface area contributed by atoms with Gasteiger partial charge in [-0.25, -0.2) is 4.39 Å². The fourth-order valence-electron chi connectivity index (χ4n) is 5.60. The van der Waals surface area contributed by atoms with Crippen LogP contribution in [0.5, 0.6) is 17.2 Å². The Bertz CT molecular complexity index is 1450. The summed E-state index contributed by atoms with van der Waals surface area (Å²) in [5.41, 5.74) is 0.0914. The van der Waals surface area contributed by atoms with Gasteiger partial charge in [-0.2, -0.15) is 5.10 Å². The number of nitrogens with one attached hydrogen (secondary N) is 3. The van der Waals surface area contributed by atoms with E-state index >= 15 is 0 Å². The molecule has 3 aliphatic rings. The van der Waals surface area contributed by atoms with Gasteiger partial charge >= 0.3 is 6.36 Å². The maximum Gasteiger partial charge on any atom is 0.573 e. The lowest BCUT2D eigenvalue weighted by molar-refractivity contribution is -0.275. The molecule has 0 saturated heterocycles. The molecule has 0 radical (unpaired) electrons. The molecule has 4 N–H and O–H groups in total. The van der Waals surface area contributed by atoms with E-state index in [-0.39, 0.29) is 24.7 Å². The number of hydrogen-bond donors (Lipinski definition) is 4. The minimum atomic E-state index is -5.05. The molecule has 1 aromatic heterocycles. The summed E-state index contributed by atoms with van der Waals surface area (Å²) < 4.78 is 65.2. The number of aromatic amines is 1. The number of hydrogen-bond acceptors (Lipinski definition) is 7. The Hall–Kier alpha value is -4.07. The molecule has 1 atom stereocenters. The van der Waals surface area contributed by atoms with E-state index in [4.69, 9.17) is 9.47 Å². The Morgan fingerprint density at radius 2 is 1.66 bits per heavy atom. The zero-order valence-corrected chi connectivity index (χ0v) is 21.9. The summed E-state index contributed by atoms with van der Waals surface area (Å²) >= 11 is 0. The highest BCUT2D eigenvalue weighted by Crippen LogP contribution is 2.47. The molecule has 2 aromatic carbocycles. The van der Waals surface area contributed by atoms with Crippen molar-refractivity contribution in [2.24, 2.45) is 0 Å². The lowest BCUT2D eigenvalue weighted by Crippen LogP contribution is -2.70. The molecule has 10 nitrogen and oxygen atoms in total. The van der Waals surface area contributed by atoms with Crippen molar-refractivity contribution in [1.82, 2.24) is 20.8 Å². The van der Waals surface area contributed by atoms with Gasteiger partial charge in [0.1, 0.15) is 11.5 Å². The lowest BCUT2D eigenvalue weighted by atomic mass is 9.60. The summed E-state index contributed by atoms with van der Waals surface area (Å²) in [6.45, 7) is 1.15. The number of rotatable bonds is 9. The Balaban J connectivity index is 1.10. The maximum absolute atomic E-state index is 13.9. The molecule has 3 fully saturated rings. The SMILES string of the molecule is Cc1[nH]nc2cc(OCC(=O)NC34CCC(NC(=O)COc5ccc(OC(F)(F)F)c(F)c5)(CC3)C[C@H]4O)ccc12. The minimum absolute atomic E-state index is 0.152. The van der Waals surface area contributed by atoms with Gasteiger partial charge < -0.3 is 30.0 Å². The molecule has 220 valence electrons. The van der Waals surface area contributed by atoms with E-state index in [1.165, 1.54) is 0 Å². The molecule has 2 amide bonds. The number of halogens is 4. The van der Waals surface area contributed by atoms with Crippen LogP contribution in [-0.4, -0.2) is 63.9 Å². The van der Waals surface area contributed by atoms with Crippen LogP contribution in [0.15, 0.2) is 36.4 Å². The first-order valence-corrected chi connectivity index (χ1v) is 12.9. The number of nitrogens with zero attached hydrogens (tertiary/aromatic N) is 1. The molecule has 2 bridgehead atoms. The highest BCUT2D eigenvalue weighted by molar-refractivity contribution is 5.83. The van der Waals surface area contributed by atoms with Gasteiger partial charge in [0, 0.05) is 28.8 Å². The van der Waals surface area contributed by atoms with Crippen molar-refractivity contribution in [3.63, 3.8) is 0 Å². The fraction of sp³-hybridized carbons (Fsp3) is 0.444. The maximum atomic E-state index is 13.9. The molecular weight excluding hydrogens is 552 g/mol. The first-order chi connectivity index (χ1) is 19.4. The van der Waals surface area contributed by atoms with Crippen molar-refractivity contribution in [2.75, 3.05) is 13.2 Å². The number of aliphatic hydroxyl groups is 1. The van der Waals surface area contributed by atoms with Gasteiger partial charge in [0.05, 0.1) is 17.2 Å². The van der Waals surface area contributed by atoms with E-state index in [9.17, 15) is 32.3 Å². The highest BCUT2D eigenvalue weighted by Gasteiger charge is 2.55. The monoisotopic (exact) mass is 580 g/mol. The summed E-state index contributed by atoms with van der Waals surface area (Å²) in [5, 5.41) is 24.8. The van der Waals surface area contributed by atoms with Crippen molar-refractivity contribution < 1.29 is 46.5 Å². The molecule has 3 saturated carbocycles. The van der Waals surface area contributed by atoms with Crippen molar-refractivity contribution in [2.45, 2.75) is 62.6 Å². The number of amides is 2. The van der Waals surface area contributed by atoms with Crippen LogP contribution in [0.1, 0.15) is 37.8 Å². The summed E-state index contributed by atoms with van der Waals surface area (Å²) in [4.78, 5) is 25.3. The van der Waals surface area contributed by atoms with Crippen LogP contribution in [0.4, 0.5) is 17.6 Å². The number of aliphatic hydroxyl groups excluding tert-OH is 1. The zero-order valence-electron chi connectivity index (χ0n) is 21.9. The normalized spacial score (nSPS) is 23.7. The van der Waals surface area contributed by atoms with Crippen molar-refractivity contribution in [3.8, 4) is 17.2 Å². The van der Waals surface area contributed by atoms with Gasteiger partial charge in [-0.15, -0.1) is 13.2 Å². The molecule has 0 aliphatic heterocycles. The van der Waals surface area contributed by atoms with E-state index in [1.807, 2.05) is 13.0 Å². The predicted octanol–water partition coefficient (Wildman–Crippen LogP) is 3.42. The third-order valence-electron chi connectivity index (χ3n) is 7.70. The van der Waals surface area contributed by atoms with Gasteiger partial charge in [0.25, 0.3) is 11.8 Å². The van der Waals surface area contributed by atoms with Gasteiger partial charge in [0.2, 0.25) is 0 Å². The van der Waals surface area contributed by atoms with Gasteiger partial charge in [-0.3, -0.25) is 14.7 Å². The van der Waals surface area contributed by atoms with Crippen LogP contribution >= 0.6 is 0 Å². The van der Waals surface area contributed by atoms with Gasteiger partial charge in [-0.1, -0.05) is 0 Å². The second-order valence-corrected chi connectivity index (χ2v) is 10.5. The topological polar surface area (TPSA) is 135 Å². The Labute approximate surface area is 231 Å². The molecule has 0 unspecified atom stereocenters. The number of ether oxygens (including phenoxy) is 3. The second kappa shape index (κ2) is 10.7. The number of benzene rings is 2. The summed E-state index contributed by atoms with van der Waals surface area (Å²) in [7, 11) is 0. The van der Waals surface area contributed by atoms with E-state index in [1.54, 1.807) is 12.1 Å². The molecule has 6 rings (SSSR count). The molecule has 3 aliphatic carbocycles. The van der Waals surface area contributed by atoms with Gasteiger partial charge in [0.15, 0.2) is 24.8 Å². The highest BCUT2D eigenvalue weighted by atomic mass is 19.4. The van der Waals surface area contributed by atoms with Crippen molar-refractivity contribution in [3.05, 3.63) is 47.9 Å². The van der Waals surface area contributed by atoms with Crippen molar-refractivity contribution >= 4 is 22.7 Å². The van der Waals surface area contributed by atoms with Crippen LogP contribution in [-0.2, 0) is 9.59 Å². The average molecular weight is 581 g/mol. The average Bonchev–Trinajstić information content (AvgIpc) is 3.28. The van der Waals surface area contributed by atoms with Crippen LogP contribution in [0.25, 0.3) is 10.9 Å². The summed E-state index contributed by atoms with van der Waals surface area (Å²) in [6, 6.07) is 7.83. The van der Waals surface area contributed by atoms with Crippen molar-refractivity contribution in [1.29, 1.82) is 0 Å². The smallest absolute Gasteiger partial charge is 0.484 e. The molecule has 14 heteroatoms. The number of H-pyrrole nitrogens is 1. The largest absolute Gasteiger partial charge is 0.573 e. The van der Waals surface area contributed by atoms with E-state index in [0.717, 1.165) is 28.7 Å². The summed E-state index contributed by atoms with van der Waals surface area (Å²) in [6.07, 6.45) is -3.94. The van der Waals surface area contributed by atoms with E-state index < -0.39 is 47.6 Å². The third-order valence-corrected chi connectivity index (χ3v) is 7.70. The number of carbonyl (C=O) groups is 2. The Morgan fingerprint density at radius 1 is 1.02 bits per heavy atom. The number of aromatic nitrogens is 2. The first-order valence-electron chi connectivity index (χ1n) is 12.9. The minimum Gasteiger partial charge on any atom is -0.484 e. The molecule has 3 aromatic rings. The molecule has 0 spiro atoms. The zero-order chi connectivity index (χ0) is 29.4. The summed E-state index contributed by atoms with van der Waals surface area (Å²) in [5.74, 6) is -2.89. The van der Waals surface area contributed by atoms with Crippen LogP contribution in [0.3, 0.4) is 0 Å². The first kappa shape index (κ1) is 28.5. The Morgan fingerprint density at radius 3 is 2.29 bits per heavy atom. The van der Waals surface area contributed by atoms with Crippen LogP contribution < -0.4 is 24.8 Å². The van der Waals surface area contributed by atoms with Crippen LogP contribution in [0.2, 0.25) is 0 Å². The third kappa shape index (κ3) is 6.32. The predicted molar refractivity (Wildman–Crippen MR) is 136 cm³/mol. The Kier molecular flexibility index (Phi) is 7.45. The molecule has 41 heavy (non-hydrogen) atoms. The second-order valence-electron chi connectivity index (χ2n) is 10.5. The van der Waals surface area contributed by atoms with E-state index in [0.29, 0.717) is 37.5 Å². The van der Waals surface area contributed by atoms with Gasteiger partial charge in [-0.05, 0) is 63.3 Å². The number of fused-ring (bicyclic) bond motifs is 4. The van der Waals surface area contributed by atoms with Crippen LogP contribution in [0, 0.1) is 12.7 Å². The lowest BCUT2D eigenvalue weighted by Gasteiger charge is -2.56. The fourth-order valence-corrected chi connectivity index (χ4v) is 5.60.